The Morgan fingerprint density at radius 3 is 2.95 bits per heavy atom. The summed E-state index contributed by atoms with van der Waals surface area (Å²) < 4.78 is 3.00. The average molecular weight is 368 g/mol. The Morgan fingerprint density at radius 2 is 2.29 bits per heavy atom. The summed E-state index contributed by atoms with van der Waals surface area (Å²) >= 11 is 5.24. The van der Waals surface area contributed by atoms with Crippen molar-refractivity contribution in [3.8, 4) is 0 Å². The number of aromatic nitrogens is 4. The Kier molecular flexibility index (Phi) is 4.61. The lowest BCUT2D eigenvalue weighted by Gasteiger charge is -2.10. The molecule has 0 saturated heterocycles. The van der Waals surface area contributed by atoms with Gasteiger partial charge in [-0.3, -0.25) is 0 Å². The summed E-state index contributed by atoms with van der Waals surface area (Å²) in [6.45, 7) is 2.11. The van der Waals surface area contributed by atoms with Crippen LogP contribution >= 0.6 is 27.7 Å². The van der Waals surface area contributed by atoms with Gasteiger partial charge in [-0.25, -0.2) is 4.68 Å². The molecule has 0 bridgehead atoms. The lowest BCUT2D eigenvalue weighted by atomic mass is 10.1. The molecule has 7 heteroatoms. The molecule has 1 aliphatic carbocycles. The topological polar surface area (TPSA) is 69.6 Å². The van der Waals surface area contributed by atoms with Crippen LogP contribution in [-0.2, 0) is 6.42 Å². The van der Waals surface area contributed by atoms with Crippen LogP contribution in [0.1, 0.15) is 37.8 Å². The largest absolute Gasteiger partial charge is 0.327 e. The quantitative estimate of drug-likeness (QED) is 0.848. The summed E-state index contributed by atoms with van der Waals surface area (Å²) in [5, 5.41) is 12.8. The molecule has 0 amide bonds. The van der Waals surface area contributed by atoms with Crippen LogP contribution in [0.5, 0.6) is 0 Å². The van der Waals surface area contributed by atoms with E-state index >= 15 is 0 Å². The minimum absolute atomic E-state index is 0.220. The van der Waals surface area contributed by atoms with Crippen LogP contribution in [0.25, 0.3) is 0 Å². The first-order chi connectivity index (χ1) is 10.2. The van der Waals surface area contributed by atoms with E-state index in [1.54, 1.807) is 11.8 Å². The molecule has 1 heterocycles. The van der Waals surface area contributed by atoms with Gasteiger partial charge >= 0.3 is 0 Å². The second-order valence-electron chi connectivity index (χ2n) is 5.38. The molecule has 1 saturated carbocycles. The summed E-state index contributed by atoms with van der Waals surface area (Å²) in [5.74, 6) is 0. The third-order valence-corrected chi connectivity index (χ3v) is 5.52. The fraction of sp³-hybridized carbons (Fsp3) is 0.500. The van der Waals surface area contributed by atoms with Crippen molar-refractivity contribution in [1.29, 1.82) is 0 Å². The summed E-state index contributed by atoms with van der Waals surface area (Å²) in [5.41, 5.74) is 7.26. The van der Waals surface area contributed by atoms with Crippen LogP contribution in [0.15, 0.2) is 32.7 Å². The van der Waals surface area contributed by atoms with E-state index in [9.17, 15) is 0 Å². The normalized spacial score (nSPS) is 16.1. The SMILES string of the molecule is CCC(N)Cc1ccc(Sc2nnnn2C2CC2)c(Br)c1. The van der Waals surface area contributed by atoms with Gasteiger partial charge in [-0.2, -0.15) is 0 Å². The van der Waals surface area contributed by atoms with Crippen molar-refractivity contribution >= 4 is 27.7 Å². The number of nitrogens with two attached hydrogens (primary N) is 1. The van der Waals surface area contributed by atoms with E-state index < -0.39 is 0 Å². The van der Waals surface area contributed by atoms with E-state index in [1.165, 1.54) is 18.4 Å². The van der Waals surface area contributed by atoms with Crippen molar-refractivity contribution in [2.45, 2.75) is 54.7 Å². The molecule has 0 radical (unpaired) electrons. The highest BCUT2D eigenvalue weighted by Crippen LogP contribution is 2.39. The first kappa shape index (κ1) is 15.0. The molecule has 1 unspecified atom stereocenters. The number of tetrazole rings is 1. The first-order valence-electron chi connectivity index (χ1n) is 7.17. The molecule has 21 heavy (non-hydrogen) atoms. The zero-order valence-electron chi connectivity index (χ0n) is 11.9. The summed E-state index contributed by atoms with van der Waals surface area (Å²) in [6, 6.07) is 7.09. The summed E-state index contributed by atoms with van der Waals surface area (Å²) in [7, 11) is 0. The van der Waals surface area contributed by atoms with Crippen LogP contribution < -0.4 is 5.73 Å². The Bertz CT molecular complexity index is 626. The molecule has 1 aliphatic rings. The summed E-state index contributed by atoms with van der Waals surface area (Å²) in [4.78, 5) is 1.13. The average Bonchev–Trinajstić information content (AvgIpc) is 3.21. The first-order valence-corrected chi connectivity index (χ1v) is 8.78. The molecule has 1 fully saturated rings. The standard InChI is InChI=1S/C14H18BrN5S/c1-2-10(16)7-9-3-6-13(12(15)8-9)21-14-17-18-19-20(14)11-4-5-11/h3,6,8,10-11H,2,4-5,7,16H2,1H3. The molecular formula is C14H18BrN5S. The Hall–Kier alpha value is -0.920. The fourth-order valence-electron chi connectivity index (χ4n) is 2.10. The highest BCUT2D eigenvalue weighted by Gasteiger charge is 2.28. The third-order valence-electron chi connectivity index (χ3n) is 3.58. The monoisotopic (exact) mass is 367 g/mol. The molecule has 3 rings (SSSR count). The van der Waals surface area contributed by atoms with Gasteiger partial charge in [0.05, 0.1) is 6.04 Å². The van der Waals surface area contributed by atoms with Gasteiger partial charge in [-0.1, -0.05) is 13.0 Å². The van der Waals surface area contributed by atoms with E-state index in [1.807, 2.05) is 4.68 Å². The minimum atomic E-state index is 0.220. The molecule has 5 nitrogen and oxygen atoms in total. The van der Waals surface area contributed by atoms with Gasteiger partial charge in [-0.15, -0.1) is 5.10 Å². The molecule has 1 atom stereocenters. The number of hydrogen-bond donors (Lipinski definition) is 1. The Labute approximate surface area is 136 Å². The number of halogens is 1. The maximum absolute atomic E-state index is 6.01. The van der Waals surface area contributed by atoms with Gasteiger partial charge in [0, 0.05) is 15.4 Å². The second kappa shape index (κ2) is 6.46. The van der Waals surface area contributed by atoms with Crippen LogP contribution in [0.4, 0.5) is 0 Å². The molecule has 1 aromatic carbocycles. The van der Waals surface area contributed by atoms with Crippen LogP contribution in [0, 0.1) is 0 Å². The second-order valence-corrected chi connectivity index (χ2v) is 7.24. The fourth-order valence-corrected chi connectivity index (χ4v) is 3.62. The molecule has 1 aromatic heterocycles. The van der Waals surface area contributed by atoms with Crippen molar-refractivity contribution in [2.75, 3.05) is 0 Å². The van der Waals surface area contributed by atoms with Crippen molar-refractivity contribution in [2.24, 2.45) is 5.73 Å². The zero-order valence-corrected chi connectivity index (χ0v) is 14.3. The molecular weight excluding hydrogens is 350 g/mol. The van der Waals surface area contributed by atoms with Gasteiger partial charge in [0.2, 0.25) is 5.16 Å². The lowest BCUT2D eigenvalue weighted by molar-refractivity contribution is 0.565. The van der Waals surface area contributed by atoms with E-state index in [0.29, 0.717) is 6.04 Å². The third kappa shape index (κ3) is 3.64. The Balaban J connectivity index is 1.75. The maximum Gasteiger partial charge on any atom is 0.214 e. The predicted molar refractivity (Wildman–Crippen MR) is 86.3 cm³/mol. The van der Waals surface area contributed by atoms with Crippen molar-refractivity contribution < 1.29 is 0 Å². The van der Waals surface area contributed by atoms with E-state index in [-0.39, 0.29) is 6.04 Å². The maximum atomic E-state index is 6.01. The van der Waals surface area contributed by atoms with Gasteiger partial charge in [0.25, 0.3) is 0 Å². The van der Waals surface area contributed by atoms with E-state index in [2.05, 4.69) is 56.6 Å². The lowest BCUT2D eigenvalue weighted by Crippen LogP contribution is -2.21. The molecule has 112 valence electrons. The number of rotatable bonds is 6. The smallest absolute Gasteiger partial charge is 0.214 e. The molecule has 0 spiro atoms. The minimum Gasteiger partial charge on any atom is -0.327 e. The molecule has 2 aromatic rings. The van der Waals surface area contributed by atoms with Crippen molar-refractivity contribution in [3.05, 3.63) is 28.2 Å². The highest BCUT2D eigenvalue weighted by molar-refractivity contribution is 9.10. The van der Waals surface area contributed by atoms with Crippen LogP contribution in [0.2, 0.25) is 0 Å². The van der Waals surface area contributed by atoms with E-state index in [4.69, 9.17) is 5.73 Å². The zero-order chi connectivity index (χ0) is 14.8. The van der Waals surface area contributed by atoms with E-state index in [0.717, 1.165) is 27.4 Å². The van der Waals surface area contributed by atoms with Gasteiger partial charge in [0.1, 0.15) is 0 Å². The Morgan fingerprint density at radius 1 is 1.48 bits per heavy atom. The van der Waals surface area contributed by atoms with Crippen molar-refractivity contribution in [3.63, 3.8) is 0 Å². The number of hydrogen-bond acceptors (Lipinski definition) is 5. The van der Waals surface area contributed by atoms with Gasteiger partial charge < -0.3 is 5.73 Å². The van der Waals surface area contributed by atoms with Crippen LogP contribution in [0.3, 0.4) is 0 Å². The molecule has 0 aliphatic heterocycles. The highest BCUT2D eigenvalue weighted by atomic mass is 79.9. The number of nitrogens with zero attached hydrogens (tertiary/aromatic N) is 4. The van der Waals surface area contributed by atoms with Crippen molar-refractivity contribution in [1.82, 2.24) is 20.2 Å². The number of benzene rings is 1. The molecule has 2 N–H and O–H groups in total. The van der Waals surface area contributed by atoms with Gasteiger partial charge in [0.15, 0.2) is 0 Å². The van der Waals surface area contributed by atoms with Gasteiger partial charge in [-0.05, 0) is 81.5 Å². The van der Waals surface area contributed by atoms with Crippen LogP contribution in [-0.4, -0.2) is 26.2 Å². The predicted octanol–water partition coefficient (Wildman–Crippen LogP) is 3.20. The summed E-state index contributed by atoms with van der Waals surface area (Å²) in [6.07, 6.45) is 4.24.